The summed E-state index contributed by atoms with van der Waals surface area (Å²) in [4.78, 5) is 29.8. The van der Waals surface area contributed by atoms with Gasteiger partial charge in [-0.15, -0.1) is 0 Å². The van der Waals surface area contributed by atoms with Gasteiger partial charge >= 0.3 is 5.97 Å². The molecule has 1 aliphatic rings. The summed E-state index contributed by atoms with van der Waals surface area (Å²) < 4.78 is 4.55. The highest BCUT2D eigenvalue weighted by Gasteiger charge is 2.15. The fourth-order valence-electron chi connectivity index (χ4n) is 2.91. The highest BCUT2D eigenvalue weighted by molar-refractivity contribution is 5.81. The summed E-state index contributed by atoms with van der Waals surface area (Å²) in [6.45, 7) is 2.46. The number of pyridine rings is 1. The number of hydrogen-bond donors (Lipinski definition) is 1. The van der Waals surface area contributed by atoms with E-state index in [1.807, 2.05) is 12.1 Å². The van der Waals surface area contributed by atoms with E-state index in [-0.39, 0.29) is 24.7 Å². The fourth-order valence-corrected chi connectivity index (χ4v) is 2.91. The number of carbonyl (C=O) groups excluding carboxylic acids is 2. The van der Waals surface area contributed by atoms with Gasteiger partial charge in [-0.1, -0.05) is 25.3 Å². The first-order chi connectivity index (χ1) is 11.7. The number of esters is 1. The summed E-state index contributed by atoms with van der Waals surface area (Å²) in [5.41, 5.74) is 1.02. The molecule has 0 unspecified atom stereocenters. The van der Waals surface area contributed by atoms with Gasteiger partial charge in [0.25, 0.3) is 0 Å². The summed E-state index contributed by atoms with van der Waals surface area (Å²) in [6, 6.07) is 3.89. The Kier molecular flexibility index (Phi) is 7.52. The zero-order valence-electron chi connectivity index (χ0n) is 14.4. The Hall–Kier alpha value is -2.11. The van der Waals surface area contributed by atoms with Crippen LogP contribution >= 0.6 is 0 Å². The van der Waals surface area contributed by atoms with Crippen LogP contribution in [0.15, 0.2) is 18.3 Å². The molecule has 0 aliphatic carbocycles. The standard InChI is InChI=1S/C18H27N3O3/c1-24-17(23)10-9-16(22)20-14-15-8-7-11-19-18(15)21-12-5-3-2-4-6-13-21/h7-8,11H,2-6,9-10,12-14H2,1H3,(H,20,22). The fraction of sp³-hybridized carbons (Fsp3) is 0.611. The van der Waals surface area contributed by atoms with Crippen molar-refractivity contribution in [2.75, 3.05) is 25.1 Å². The summed E-state index contributed by atoms with van der Waals surface area (Å²) in [5.74, 6) is 0.448. The van der Waals surface area contributed by atoms with Crippen molar-refractivity contribution in [3.63, 3.8) is 0 Å². The van der Waals surface area contributed by atoms with Crippen LogP contribution in [0.4, 0.5) is 5.82 Å². The molecule has 1 aromatic rings. The quantitative estimate of drug-likeness (QED) is 0.810. The first kappa shape index (κ1) is 18.2. The molecule has 2 rings (SSSR count). The second-order valence-electron chi connectivity index (χ2n) is 6.09. The lowest BCUT2D eigenvalue weighted by Gasteiger charge is -2.27. The zero-order chi connectivity index (χ0) is 17.2. The van der Waals surface area contributed by atoms with E-state index in [9.17, 15) is 9.59 Å². The molecule has 1 aliphatic heterocycles. The molecule has 0 aromatic carbocycles. The number of rotatable bonds is 6. The van der Waals surface area contributed by atoms with Gasteiger partial charge in [0.05, 0.1) is 13.5 Å². The van der Waals surface area contributed by atoms with Gasteiger partial charge in [0.2, 0.25) is 5.91 Å². The van der Waals surface area contributed by atoms with Crippen molar-refractivity contribution in [3.8, 4) is 0 Å². The molecule has 0 atom stereocenters. The maximum Gasteiger partial charge on any atom is 0.306 e. The van der Waals surface area contributed by atoms with E-state index < -0.39 is 0 Å². The molecule has 1 fully saturated rings. The van der Waals surface area contributed by atoms with Crippen molar-refractivity contribution in [2.45, 2.75) is 51.5 Å². The molecule has 0 radical (unpaired) electrons. The number of aromatic nitrogens is 1. The van der Waals surface area contributed by atoms with Crippen LogP contribution in [0.5, 0.6) is 0 Å². The van der Waals surface area contributed by atoms with Gasteiger partial charge < -0.3 is 15.0 Å². The van der Waals surface area contributed by atoms with Crippen LogP contribution < -0.4 is 10.2 Å². The van der Waals surface area contributed by atoms with Crippen LogP contribution in [0.1, 0.15) is 50.5 Å². The predicted octanol–water partition coefficient (Wildman–Crippen LogP) is 2.42. The summed E-state index contributed by atoms with van der Waals surface area (Å²) in [6.07, 6.45) is 8.27. The zero-order valence-corrected chi connectivity index (χ0v) is 14.4. The van der Waals surface area contributed by atoms with E-state index in [2.05, 4.69) is 19.9 Å². The number of anilines is 1. The lowest BCUT2D eigenvalue weighted by Crippen LogP contribution is -2.30. The monoisotopic (exact) mass is 333 g/mol. The Balaban J connectivity index is 1.92. The molecule has 132 valence electrons. The number of carbonyl (C=O) groups is 2. The largest absolute Gasteiger partial charge is 0.469 e. The number of ether oxygens (including phenoxy) is 1. The molecule has 0 saturated carbocycles. The third-order valence-electron chi connectivity index (χ3n) is 4.28. The number of amides is 1. The average molecular weight is 333 g/mol. The van der Waals surface area contributed by atoms with Crippen molar-refractivity contribution >= 4 is 17.7 Å². The summed E-state index contributed by atoms with van der Waals surface area (Å²) >= 11 is 0. The summed E-state index contributed by atoms with van der Waals surface area (Å²) in [5, 5.41) is 2.87. The SMILES string of the molecule is COC(=O)CCC(=O)NCc1cccnc1N1CCCCCCC1. The Morgan fingerprint density at radius 2 is 1.88 bits per heavy atom. The van der Waals surface area contributed by atoms with Gasteiger partial charge in [-0.2, -0.15) is 0 Å². The molecule has 6 nitrogen and oxygen atoms in total. The van der Waals surface area contributed by atoms with Crippen LogP contribution in [0, 0.1) is 0 Å². The van der Waals surface area contributed by atoms with Crippen molar-refractivity contribution in [3.05, 3.63) is 23.9 Å². The highest BCUT2D eigenvalue weighted by atomic mass is 16.5. The first-order valence-electron chi connectivity index (χ1n) is 8.73. The molecule has 1 aromatic heterocycles. The van der Waals surface area contributed by atoms with Crippen molar-refractivity contribution in [2.24, 2.45) is 0 Å². The van der Waals surface area contributed by atoms with Gasteiger partial charge in [0.15, 0.2) is 0 Å². The topological polar surface area (TPSA) is 71.5 Å². The van der Waals surface area contributed by atoms with E-state index in [0.29, 0.717) is 6.54 Å². The smallest absolute Gasteiger partial charge is 0.306 e. The van der Waals surface area contributed by atoms with Crippen LogP contribution in [-0.2, 0) is 20.9 Å². The van der Waals surface area contributed by atoms with Crippen LogP contribution in [-0.4, -0.2) is 37.1 Å². The first-order valence-corrected chi connectivity index (χ1v) is 8.73. The summed E-state index contributed by atoms with van der Waals surface area (Å²) in [7, 11) is 1.32. The van der Waals surface area contributed by atoms with Gasteiger partial charge in [-0.05, 0) is 18.9 Å². The Morgan fingerprint density at radius 1 is 1.17 bits per heavy atom. The van der Waals surface area contributed by atoms with E-state index in [1.54, 1.807) is 6.20 Å². The Morgan fingerprint density at radius 3 is 2.58 bits per heavy atom. The predicted molar refractivity (Wildman–Crippen MR) is 92.6 cm³/mol. The molecule has 24 heavy (non-hydrogen) atoms. The lowest BCUT2D eigenvalue weighted by atomic mass is 10.1. The molecule has 6 heteroatoms. The van der Waals surface area contributed by atoms with Gasteiger partial charge in [-0.25, -0.2) is 4.98 Å². The minimum atomic E-state index is -0.368. The molecule has 0 bridgehead atoms. The molecular formula is C18H27N3O3. The average Bonchev–Trinajstić information content (AvgIpc) is 2.58. The molecule has 1 N–H and O–H groups in total. The van der Waals surface area contributed by atoms with E-state index in [0.717, 1.165) is 24.5 Å². The number of hydrogen-bond acceptors (Lipinski definition) is 5. The third kappa shape index (κ3) is 5.83. The molecule has 0 spiro atoms. The second kappa shape index (κ2) is 9.90. The van der Waals surface area contributed by atoms with E-state index in [4.69, 9.17) is 0 Å². The van der Waals surface area contributed by atoms with E-state index in [1.165, 1.54) is 39.2 Å². The molecule has 1 amide bonds. The van der Waals surface area contributed by atoms with Crippen LogP contribution in [0.3, 0.4) is 0 Å². The lowest BCUT2D eigenvalue weighted by molar-refractivity contribution is -0.142. The van der Waals surface area contributed by atoms with Crippen LogP contribution in [0.2, 0.25) is 0 Å². The van der Waals surface area contributed by atoms with Gasteiger partial charge in [-0.3, -0.25) is 9.59 Å². The Bertz CT molecular complexity index is 540. The van der Waals surface area contributed by atoms with Crippen molar-refractivity contribution in [1.82, 2.24) is 10.3 Å². The minimum absolute atomic E-state index is 0.106. The van der Waals surface area contributed by atoms with Crippen molar-refractivity contribution in [1.29, 1.82) is 0 Å². The Labute approximate surface area is 143 Å². The van der Waals surface area contributed by atoms with E-state index >= 15 is 0 Å². The third-order valence-corrected chi connectivity index (χ3v) is 4.28. The minimum Gasteiger partial charge on any atom is -0.469 e. The molecule has 1 saturated heterocycles. The van der Waals surface area contributed by atoms with Gasteiger partial charge in [0, 0.05) is 37.8 Å². The number of nitrogens with one attached hydrogen (secondary N) is 1. The number of nitrogens with zero attached hydrogens (tertiary/aromatic N) is 2. The highest BCUT2D eigenvalue weighted by Crippen LogP contribution is 2.21. The normalized spacial score (nSPS) is 15.3. The van der Waals surface area contributed by atoms with Crippen molar-refractivity contribution < 1.29 is 14.3 Å². The molecular weight excluding hydrogens is 306 g/mol. The maximum absolute atomic E-state index is 11.9. The second-order valence-corrected chi connectivity index (χ2v) is 6.09. The number of methoxy groups -OCH3 is 1. The van der Waals surface area contributed by atoms with Gasteiger partial charge in [0.1, 0.15) is 5.82 Å². The van der Waals surface area contributed by atoms with Crippen LogP contribution in [0.25, 0.3) is 0 Å². The maximum atomic E-state index is 11.9. The molecule has 2 heterocycles.